The second-order valence-electron chi connectivity index (χ2n) is 7.11. The van der Waals surface area contributed by atoms with Crippen molar-refractivity contribution in [1.82, 2.24) is 15.0 Å². The Morgan fingerprint density at radius 1 is 1.28 bits per heavy atom. The molecule has 3 heterocycles. The van der Waals surface area contributed by atoms with E-state index in [4.69, 9.17) is 16.1 Å². The van der Waals surface area contributed by atoms with Crippen LogP contribution in [0.2, 0.25) is 5.02 Å². The fourth-order valence-electron chi connectivity index (χ4n) is 3.92. The van der Waals surface area contributed by atoms with Gasteiger partial charge in [0, 0.05) is 44.2 Å². The van der Waals surface area contributed by atoms with Crippen LogP contribution in [0.15, 0.2) is 28.9 Å². The maximum absolute atomic E-state index is 12.9. The van der Waals surface area contributed by atoms with Crippen LogP contribution >= 0.6 is 11.6 Å². The minimum absolute atomic E-state index is 0.0619. The molecule has 29 heavy (non-hydrogen) atoms. The van der Waals surface area contributed by atoms with Gasteiger partial charge in [0.05, 0.1) is 21.9 Å². The maximum atomic E-state index is 12.9. The molecule has 1 fully saturated rings. The maximum Gasteiger partial charge on any atom is 0.259 e. The number of nitrogens with zero attached hydrogens (tertiary/aromatic N) is 4. The molecular formula is C21H21ClN4O3. The van der Waals surface area contributed by atoms with Gasteiger partial charge in [-0.3, -0.25) is 9.78 Å². The van der Waals surface area contributed by atoms with E-state index < -0.39 is 0 Å². The minimum Gasteiger partial charge on any atom is -0.366 e. The van der Waals surface area contributed by atoms with E-state index in [-0.39, 0.29) is 12.3 Å². The van der Waals surface area contributed by atoms with E-state index in [9.17, 15) is 9.59 Å². The van der Waals surface area contributed by atoms with E-state index in [1.54, 1.807) is 20.0 Å². The molecule has 0 atom stereocenters. The summed E-state index contributed by atoms with van der Waals surface area (Å²) in [7, 11) is 0. The molecule has 0 aliphatic carbocycles. The Labute approximate surface area is 173 Å². The van der Waals surface area contributed by atoms with Gasteiger partial charge < -0.3 is 19.1 Å². The van der Waals surface area contributed by atoms with Gasteiger partial charge in [-0.15, -0.1) is 0 Å². The molecule has 3 aromatic rings. The highest BCUT2D eigenvalue weighted by atomic mass is 35.5. The van der Waals surface area contributed by atoms with Crippen LogP contribution in [0, 0.1) is 13.8 Å². The van der Waals surface area contributed by atoms with Gasteiger partial charge in [-0.1, -0.05) is 16.8 Å². The van der Waals surface area contributed by atoms with Crippen LogP contribution in [0.1, 0.15) is 27.4 Å². The van der Waals surface area contributed by atoms with E-state index in [0.717, 1.165) is 28.4 Å². The largest absolute Gasteiger partial charge is 0.366 e. The number of hydrogen-bond donors (Lipinski definition) is 0. The number of anilines is 1. The number of halogens is 1. The second kappa shape index (κ2) is 7.83. The zero-order valence-corrected chi connectivity index (χ0v) is 17.1. The molecule has 2 aromatic heterocycles. The Balaban J connectivity index is 1.62. The Hall–Kier alpha value is -2.93. The van der Waals surface area contributed by atoms with Crippen molar-refractivity contribution in [2.75, 3.05) is 31.1 Å². The molecule has 150 valence electrons. The van der Waals surface area contributed by atoms with Crippen molar-refractivity contribution in [1.29, 1.82) is 0 Å². The Morgan fingerprint density at radius 2 is 2.03 bits per heavy atom. The van der Waals surface area contributed by atoms with Crippen molar-refractivity contribution in [2.24, 2.45) is 0 Å². The van der Waals surface area contributed by atoms with Crippen LogP contribution in [0.25, 0.3) is 10.9 Å². The summed E-state index contributed by atoms with van der Waals surface area (Å²) in [5.41, 5.74) is 3.69. The number of fused-ring (bicyclic) bond motifs is 1. The van der Waals surface area contributed by atoms with Crippen LogP contribution in [0.4, 0.5) is 5.69 Å². The molecule has 1 aliphatic rings. The highest BCUT2D eigenvalue weighted by Gasteiger charge is 2.28. The Kier molecular flexibility index (Phi) is 5.24. The molecule has 1 saturated heterocycles. The topological polar surface area (TPSA) is 79.5 Å². The molecule has 0 N–H and O–H groups in total. The highest BCUT2D eigenvalue weighted by molar-refractivity contribution is 6.36. The third-order valence-corrected chi connectivity index (χ3v) is 5.64. The van der Waals surface area contributed by atoms with Crippen LogP contribution in [-0.4, -0.2) is 53.4 Å². The molecule has 4 rings (SSSR count). The molecule has 1 aliphatic heterocycles. The number of aldehydes is 1. The number of hydrogen-bond acceptors (Lipinski definition) is 6. The molecule has 8 heteroatoms. The van der Waals surface area contributed by atoms with Crippen molar-refractivity contribution in [3.8, 4) is 0 Å². The van der Waals surface area contributed by atoms with Crippen LogP contribution in [-0.2, 0) is 11.2 Å². The van der Waals surface area contributed by atoms with Crippen LogP contribution < -0.4 is 4.90 Å². The Bertz CT molecular complexity index is 1070. The summed E-state index contributed by atoms with van der Waals surface area (Å²) in [5.74, 6) is 0.476. The molecule has 0 unspecified atom stereocenters. The number of aryl methyl sites for hydroxylation is 2. The number of carbonyl (C=O) groups is 2. The Morgan fingerprint density at radius 3 is 2.69 bits per heavy atom. The van der Waals surface area contributed by atoms with E-state index >= 15 is 0 Å². The number of aromatic nitrogens is 2. The minimum atomic E-state index is -0.0619. The number of benzene rings is 1. The first kappa shape index (κ1) is 19.4. The van der Waals surface area contributed by atoms with Crippen molar-refractivity contribution in [3.63, 3.8) is 0 Å². The van der Waals surface area contributed by atoms with Crippen molar-refractivity contribution in [2.45, 2.75) is 20.3 Å². The van der Waals surface area contributed by atoms with Crippen molar-refractivity contribution >= 4 is 40.4 Å². The zero-order chi connectivity index (χ0) is 20.5. The highest BCUT2D eigenvalue weighted by Crippen LogP contribution is 2.35. The first-order valence-electron chi connectivity index (χ1n) is 9.48. The predicted octanol–water partition coefficient (Wildman–Crippen LogP) is 3.20. The number of pyridine rings is 1. The van der Waals surface area contributed by atoms with E-state index in [0.29, 0.717) is 48.2 Å². The summed E-state index contributed by atoms with van der Waals surface area (Å²) in [6.45, 7) is 5.90. The lowest BCUT2D eigenvalue weighted by Crippen LogP contribution is -2.49. The molecule has 1 amide bonds. The summed E-state index contributed by atoms with van der Waals surface area (Å²) in [6, 6.07) is 5.62. The SMILES string of the molecule is Cc1noc(C)c1C(=O)N1CCN(c2c(CC=O)cc(Cl)c3cccnc23)CC1. The molecular weight excluding hydrogens is 392 g/mol. The van der Waals surface area contributed by atoms with E-state index in [1.165, 1.54) is 0 Å². The summed E-state index contributed by atoms with van der Waals surface area (Å²) < 4.78 is 5.14. The molecule has 0 radical (unpaired) electrons. The molecule has 7 nitrogen and oxygen atoms in total. The summed E-state index contributed by atoms with van der Waals surface area (Å²) in [6.07, 6.45) is 2.87. The second-order valence-corrected chi connectivity index (χ2v) is 7.52. The zero-order valence-electron chi connectivity index (χ0n) is 16.3. The summed E-state index contributed by atoms with van der Waals surface area (Å²) in [5, 5.41) is 5.32. The first-order chi connectivity index (χ1) is 14.0. The third-order valence-electron chi connectivity index (χ3n) is 5.33. The van der Waals surface area contributed by atoms with E-state index in [1.807, 2.05) is 23.1 Å². The van der Waals surface area contributed by atoms with Gasteiger partial charge in [-0.05, 0) is 37.6 Å². The lowest BCUT2D eigenvalue weighted by Gasteiger charge is -2.37. The first-order valence-corrected chi connectivity index (χ1v) is 9.86. The average Bonchev–Trinajstić information content (AvgIpc) is 3.06. The molecule has 0 saturated carbocycles. The van der Waals surface area contributed by atoms with Gasteiger partial charge in [-0.25, -0.2) is 0 Å². The van der Waals surface area contributed by atoms with Crippen LogP contribution in [0.3, 0.4) is 0 Å². The van der Waals surface area contributed by atoms with Gasteiger partial charge >= 0.3 is 0 Å². The molecule has 0 bridgehead atoms. The fraction of sp³-hybridized carbons (Fsp3) is 0.333. The molecule has 0 spiro atoms. The summed E-state index contributed by atoms with van der Waals surface area (Å²) >= 11 is 6.42. The predicted molar refractivity (Wildman–Crippen MR) is 111 cm³/mol. The van der Waals surface area contributed by atoms with Gasteiger partial charge in [0.1, 0.15) is 17.6 Å². The smallest absolute Gasteiger partial charge is 0.259 e. The van der Waals surface area contributed by atoms with Crippen molar-refractivity contribution in [3.05, 3.63) is 52.0 Å². The molecule has 1 aromatic carbocycles. The van der Waals surface area contributed by atoms with Gasteiger partial charge in [0.2, 0.25) is 0 Å². The standard InChI is InChI=1S/C21H21ClN4O3/c1-13-18(14(2)29-24-13)21(28)26-9-7-25(8-10-26)20-15(5-11-27)12-17(22)16-4-3-6-23-19(16)20/h3-4,6,11-12H,5,7-10H2,1-2H3. The number of carbonyl (C=O) groups excluding carboxylic acids is 2. The van der Waals surface area contributed by atoms with E-state index in [2.05, 4.69) is 15.0 Å². The van der Waals surface area contributed by atoms with Crippen LogP contribution in [0.5, 0.6) is 0 Å². The van der Waals surface area contributed by atoms with Gasteiger partial charge in [-0.2, -0.15) is 0 Å². The third kappa shape index (κ3) is 3.46. The number of piperazine rings is 1. The monoisotopic (exact) mass is 412 g/mol. The normalized spacial score (nSPS) is 14.4. The fourth-order valence-corrected chi connectivity index (χ4v) is 4.20. The lowest BCUT2D eigenvalue weighted by atomic mass is 10.0. The van der Waals surface area contributed by atoms with Gasteiger partial charge in [0.25, 0.3) is 5.91 Å². The van der Waals surface area contributed by atoms with Gasteiger partial charge in [0.15, 0.2) is 0 Å². The van der Waals surface area contributed by atoms with Crippen molar-refractivity contribution < 1.29 is 14.1 Å². The lowest BCUT2D eigenvalue weighted by molar-refractivity contribution is -0.107. The summed E-state index contributed by atoms with van der Waals surface area (Å²) in [4.78, 5) is 32.7. The quantitative estimate of drug-likeness (QED) is 0.612. The number of amides is 1. The number of rotatable bonds is 4. The average molecular weight is 413 g/mol.